The van der Waals surface area contributed by atoms with E-state index in [0.717, 1.165) is 22.3 Å². The lowest BCUT2D eigenvalue weighted by molar-refractivity contribution is 0.0500. The van der Waals surface area contributed by atoms with Crippen molar-refractivity contribution < 1.29 is 9.53 Å². The van der Waals surface area contributed by atoms with Gasteiger partial charge in [0.15, 0.2) is 0 Å². The Morgan fingerprint density at radius 2 is 1.89 bits per heavy atom. The van der Waals surface area contributed by atoms with E-state index < -0.39 is 0 Å². The minimum absolute atomic E-state index is 0.0430. The van der Waals surface area contributed by atoms with Crippen molar-refractivity contribution in [1.82, 2.24) is 24.9 Å². The van der Waals surface area contributed by atoms with Gasteiger partial charge in [-0.3, -0.25) is 4.79 Å². The van der Waals surface area contributed by atoms with Crippen molar-refractivity contribution in [2.45, 2.75) is 12.6 Å². The third-order valence-electron chi connectivity index (χ3n) is 5.03. The number of likely N-dealkylation sites (tertiary alicyclic amines) is 1. The second kappa shape index (κ2) is 6.84. The van der Waals surface area contributed by atoms with E-state index in [1.807, 2.05) is 70.4 Å². The summed E-state index contributed by atoms with van der Waals surface area (Å²) in [6, 6.07) is 17.6. The molecule has 2 aromatic heterocycles. The van der Waals surface area contributed by atoms with Crippen LogP contribution in [0.15, 0.2) is 67.0 Å². The Bertz CT molecular complexity index is 1110. The molecule has 4 aromatic rings. The molecular weight excluding hydrogens is 354 g/mol. The van der Waals surface area contributed by atoms with E-state index in [0.29, 0.717) is 25.3 Å². The monoisotopic (exact) mass is 373 g/mol. The number of hydrogen-bond donors (Lipinski definition) is 1. The molecule has 0 bridgehead atoms. The number of nitrogens with zero attached hydrogens (tertiary/aromatic N) is 4. The smallest absolute Gasteiger partial charge is 0.256 e. The quantitative estimate of drug-likeness (QED) is 0.583. The molecule has 1 aliphatic rings. The van der Waals surface area contributed by atoms with Gasteiger partial charge in [-0.15, -0.1) is 5.10 Å². The van der Waals surface area contributed by atoms with Gasteiger partial charge < -0.3 is 14.6 Å². The molecule has 140 valence electrons. The summed E-state index contributed by atoms with van der Waals surface area (Å²) in [4.78, 5) is 17.8. The number of ether oxygens (including phenoxy) is 1. The van der Waals surface area contributed by atoms with Crippen LogP contribution in [0.5, 0.6) is 5.75 Å². The Labute approximate surface area is 161 Å². The van der Waals surface area contributed by atoms with Crippen molar-refractivity contribution in [1.29, 1.82) is 0 Å². The minimum Gasteiger partial charge on any atom is -0.487 e. The van der Waals surface area contributed by atoms with Crippen LogP contribution in [0.1, 0.15) is 22.1 Å². The van der Waals surface area contributed by atoms with E-state index in [1.165, 1.54) is 0 Å². The summed E-state index contributed by atoms with van der Waals surface area (Å²) < 4.78 is 7.52. The lowest BCUT2D eigenvalue weighted by Crippen LogP contribution is -2.50. The number of rotatable bonds is 5. The molecule has 1 N–H and O–H groups in total. The molecule has 0 saturated carbocycles. The minimum atomic E-state index is 0.0430. The average Bonchev–Trinajstić information content (AvgIpc) is 3.33. The van der Waals surface area contributed by atoms with Crippen molar-refractivity contribution in [2.75, 3.05) is 13.1 Å². The van der Waals surface area contributed by atoms with Gasteiger partial charge in [-0.25, -0.2) is 4.68 Å². The molecule has 1 aliphatic heterocycles. The number of H-pyrrole nitrogens is 1. The van der Waals surface area contributed by atoms with Gasteiger partial charge in [0.25, 0.3) is 5.91 Å². The molecule has 0 unspecified atom stereocenters. The number of carbonyl (C=O) groups excluding carboxylic acids is 1. The predicted molar refractivity (Wildman–Crippen MR) is 104 cm³/mol. The van der Waals surface area contributed by atoms with Crippen LogP contribution in [0.25, 0.3) is 10.9 Å². The third-order valence-corrected chi connectivity index (χ3v) is 5.03. The zero-order valence-corrected chi connectivity index (χ0v) is 15.2. The fourth-order valence-electron chi connectivity index (χ4n) is 3.44. The lowest BCUT2D eigenvalue weighted by atomic mass is 10.1. The van der Waals surface area contributed by atoms with Crippen molar-refractivity contribution in [3.05, 3.63) is 78.2 Å². The molecule has 1 amide bonds. The molecule has 3 heterocycles. The molecule has 0 aliphatic carbocycles. The van der Waals surface area contributed by atoms with Gasteiger partial charge in [-0.1, -0.05) is 41.6 Å². The zero-order chi connectivity index (χ0) is 18.9. The molecule has 2 aromatic carbocycles. The first-order valence-electron chi connectivity index (χ1n) is 9.22. The van der Waals surface area contributed by atoms with Crippen LogP contribution in [-0.4, -0.2) is 43.9 Å². The number of nitrogens with one attached hydrogen (secondary N) is 1. The fourth-order valence-corrected chi connectivity index (χ4v) is 3.44. The predicted octanol–water partition coefficient (Wildman–Crippen LogP) is 3.04. The first-order valence-corrected chi connectivity index (χ1v) is 9.22. The molecule has 0 spiro atoms. The topological polar surface area (TPSA) is 76.0 Å². The van der Waals surface area contributed by atoms with Crippen molar-refractivity contribution in [2.24, 2.45) is 0 Å². The van der Waals surface area contributed by atoms with Crippen LogP contribution in [0.4, 0.5) is 0 Å². The first-order chi connectivity index (χ1) is 13.8. The SMILES string of the molecule is O=C(c1c[nH]c2ccccc12)N1CC(n2cc(COc3ccccc3)nn2)C1. The summed E-state index contributed by atoms with van der Waals surface area (Å²) in [5.41, 5.74) is 2.46. The normalized spacial score (nSPS) is 14.2. The standard InChI is InChI=1S/C21H19N5O2/c27-21(19-10-22-20-9-5-4-8-18(19)20)25-12-16(13-25)26-11-15(23-24-26)14-28-17-6-2-1-3-7-17/h1-11,16,22H,12-14H2. The summed E-state index contributed by atoms with van der Waals surface area (Å²) in [6.07, 6.45) is 3.68. The Morgan fingerprint density at radius 1 is 1.11 bits per heavy atom. The number of amides is 1. The van der Waals surface area contributed by atoms with Gasteiger partial charge in [-0.2, -0.15) is 0 Å². The van der Waals surface area contributed by atoms with Gasteiger partial charge in [0.2, 0.25) is 0 Å². The molecule has 7 heteroatoms. The molecule has 1 fully saturated rings. The maximum absolute atomic E-state index is 12.8. The second-order valence-corrected chi connectivity index (χ2v) is 6.90. The molecular formula is C21H19N5O2. The Morgan fingerprint density at radius 3 is 2.75 bits per heavy atom. The largest absolute Gasteiger partial charge is 0.487 e. The highest BCUT2D eigenvalue weighted by Gasteiger charge is 2.34. The molecule has 1 saturated heterocycles. The Balaban J connectivity index is 1.20. The number of aromatic nitrogens is 4. The summed E-state index contributed by atoms with van der Waals surface area (Å²) >= 11 is 0. The van der Waals surface area contributed by atoms with E-state index in [4.69, 9.17) is 4.74 Å². The maximum Gasteiger partial charge on any atom is 0.256 e. The molecule has 5 rings (SSSR count). The molecule has 28 heavy (non-hydrogen) atoms. The summed E-state index contributed by atoms with van der Waals surface area (Å²) in [5, 5.41) is 9.33. The van der Waals surface area contributed by atoms with Gasteiger partial charge >= 0.3 is 0 Å². The number of para-hydroxylation sites is 2. The van der Waals surface area contributed by atoms with Gasteiger partial charge in [-0.05, 0) is 18.2 Å². The lowest BCUT2D eigenvalue weighted by Gasteiger charge is -2.38. The van der Waals surface area contributed by atoms with Crippen LogP contribution in [0.2, 0.25) is 0 Å². The van der Waals surface area contributed by atoms with Crippen LogP contribution < -0.4 is 4.74 Å². The van der Waals surface area contributed by atoms with Gasteiger partial charge in [0.1, 0.15) is 18.1 Å². The molecule has 0 atom stereocenters. The maximum atomic E-state index is 12.8. The first kappa shape index (κ1) is 16.6. The number of carbonyl (C=O) groups is 1. The van der Waals surface area contributed by atoms with Crippen LogP contribution >= 0.6 is 0 Å². The van der Waals surface area contributed by atoms with Crippen molar-refractivity contribution >= 4 is 16.8 Å². The number of aromatic amines is 1. The van der Waals surface area contributed by atoms with Crippen LogP contribution in [0.3, 0.4) is 0 Å². The third kappa shape index (κ3) is 3.00. The highest BCUT2D eigenvalue weighted by molar-refractivity contribution is 6.06. The van der Waals surface area contributed by atoms with Crippen molar-refractivity contribution in [3.63, 3.8) is 0 Å². The van der Waals surface area contributed by atoms with E-state index in [2.05, 4.69) is 15.3 Å². The van der Waals surface area contributed by atoms with Crippen molar-refractivity contribution in [3.8, 4) is 5.75 Å². The van der Waals surface area contributed by atoms with E-state index in [1.54, 1.807) is 6.20 Å². The van der Waals surface area contributed by atoms with E-state index in [9.17, 15) is 4.79 Å². The number of benzene rings is 2. The molecule has 0 radical (unpaired) electrons. The zero-order valence-electron chi connectivity index (χ0n) is 15.2. The second-order valence-electron chi connectivity index (χ2n) is 6.90. The summed E-state index contributed by atoms with van der Waals surface area (Å²) in [6.45, 7) is 1.62. The highest BCUT2D eigenvalue weighted by atomic mass is 16.5. The number of fused-ring (bicyclic) bond motifs is 1. The highest BCUT2D eigenvalue weighted by Crippen LogP contribution is 2.26. The molecule has 7 nitrogen and oxygen atoms in total. The van der Waals surface area contributed by atoms with Crippen LogP contribution in [-0.2, 0) is 6.61 Å². The Hall–Kier alpha value is -3.61. The van der Waals surface area contributed by atoms with Crippen LogP contribution in [0, 0.1) is 0 Å². The van der Waals surface area contributed by atoms with Gasteiger partial charge in [0, 0.05) is 30.2 Å². The van der Waals surface area contributed by atoms with Gasteiger partial charge in [0.05, 0.1) is 17.8 Å². The van der Waals surface area contributed by atoms with E-state index in [-0.39, 0.29) is 11.9 Å². The number of hydrogen-bond acceptors (Lipinski definition) is 4. The van der Waals surface area contributed by atoms with E-state index >= 15 is 0 Å². The average molecular weight is 373 g/mol. The fraction of sp³-hybridized carbons (Fsp3) is 0.190. The summed E-state index contributed by atoms with van der Waals surface area (Å²) in [5.74, 6) is 0.845. The summed E-state index contributed by atoms with van der Waals surface area (Å²) in [7, 11) is 0. The Kier molecular flexibility index (Phi) is 4.05.